The molecule has 0 bridgehead atoms. The summed E-state index contributed by atoms with van der Waals surface area (Å²) in [5, 5.41) is 2.52. The van der Waals surface area contributed by atoms with Crippen LogP contribution in [0.5, 0.6) is 11.5 Å². The highest BCUT2D eigenvalue weighted by Gasteiger charge is 2.50. The molecule has 2 heterocycles. The third-order valence-electron chi connectivity index (χ3n) is 2.85. The summed E-state index contributed by atoms with van der Waals surface area (Å²) < 4.78 is 10.5. The van der Waals surface area contributed by atoms with Gasteiger partial charge in [-0.25, -0.2) is 0 Å². The number of Topliss-reactive ketones (excluding diaryl/α,β-unsaturated/α-hetero) is 1. The maximum absolute atomic E-state index is 11.9. The van der Waals surface area contributed by atoms with Gasteiger partial charge in [0.15, 0.2) is 5.78 Å². The molecule has 16 heavy (non-hydrogen) atoms. The monoisotopic (exact) mass is 219 g/mol. The van der Waals surface area contributed by atoms with Gasteiger partial charge in [-0.05, 0) is 18.2 Å². The SMILES string of the molecule is COc1ccc2c(c1)C(=O)[C@H]1NC(=O)[C@H]1O2. The smallest absolute Gasteiger partial charge is 0.264 e. The van der Waals surface area contributed by atoms with Crippen LogP contribution < -0.4 is 14.8 Å². The number of fused-ring (bicyclic) bond motifs is 2. The Kier molecular flexibility index (Phi) is 1.71. The van der Waals surface area contributed by atoms with Gasteiger partial charge in [-0.15, -0.1) is 0 Å². The van der Waals surface area contributed by atoms with Crippen molar-refractivity contribution in [3.8, 4) is 11.5 Å². The van der Waals surface area contributed by atoms with Crippen LogP contribution in [0.2, 0.25) is 0 Å². The molecular weight excluding hydrogens is 210 g/mol. The molecule has 2 aliphatic heterocycles. The van der Waals surface area contributed by atoms with Gasteiger partial charge < -0.3 is 14.8 Å². The summed E-state index contributed by atoms with van der Waals surface area (Å²) in [6.07, 6.45) is -0.659. The average molecular weight is 219 g/mol. The lowest BCUT2D eigenvalue weighted by atomic mass is 9.89. The summed E-state index contributed by atoms with van der Waals surface area (Å²) in [6, 6.07) is 4.43. The highest BCUT2D eigenvalue weighted by Crippen LogP contribution is 2.33. The molecule has 2 atom stereocenters. The topological polar surface area (TPSA) is 64.6 Å². The lowest BCUT2D eigenvalue weighted by Gasteiger charge is -2.39. The van der Waals surface area contributed by atoms with Crippen molar-refractivity contribution < 1.29 is 19.1 Å². The normalized spacial score (nSPS) is 25.8. The van der Waals surface area contributed by atoms with Crippen molar-refractivity contribution in [1.82, 2.24) is 5.32 Å². The van der Waals surface area contributed by atoms with E-state index in [1.807, 2.05) is 0 Å². The predicted molar refractivity (Wildman–Crippen MR) is 53.7 cm³/mol. The highest BCUT2D eigenvalue weighted by molar-refractivity contribution is 6.12. The maximum atomic E-state index is 11.9. The lowest BCUT2D eigenvalue weighted by Crippen LogP contribution is -2.69. The molecule has 5 nitrogen and oxygen atoms in total. The van der Waals surface area contributed by atoms with E-state index in [0.717, 1.165) is 0 Å². The largest absolute Gasteiger partial charge is 0.497 e. The van der Waals surface area contributed by atoms with Crippen LogP contribution in [-0.4, -0.2) is 30.9 Å². The minimum Gasteiger partial charge on any atom is -0.497 e. The summed E-state index contributed by atoms with van der Waals surface area (Å²) in [7, 11) is 1.53. The lowest BCUT2D eigenvalue weighted by molar-refractivity contribution is -0.138. The number of rotatable bonds is 1. The van der Waals surface area contributed by atoms with Crippen molar-refractivity contribution in [1.29, 1.82) is 0 Å². The molecule has 0 saturated carbocycles. The van der Waals surface area contributed by atoms with Crippen LogP contribution in [0.25, 0.3) is 0 Å². The first-order valence-electron chi connectivity index (χ1n) is 4.90. The van der Waals surface area contributed by atoms with Gasteiger partial charge in [0.25, 0.3) is 5.91 Å². The number of nitrogens with one attached hydrogen (secondary N) is 1. The van der Waals surface area contributed by atoms with E-state index in [-0.39, 0.29) is 11.7 Å². The maximum Gasteiger partial charge on any atom is 0.264 e. The van der Waals surface area contributed by atoms with Crippen LogP contribution in [0.15, 0.2) is 18.2 Å². The second-order valence-electron chi connectivity index (χ2n) is 3.75. The number of hydrogen-bond donors (Lipinski definition) is 1. The van der Waals surface area contributed by atoms with E-state index in [1.54, 1.807) is 18.2 Å². The first kappa shape index (κ1) is 9.21. The van der Waals surface area contributed by atoms with Gasteiger partial charge in [-0.3, -0.25) is 9.59 Å². The molecule has 1 fully saturated rings. The number of carbonyl (C=O) groups excluding carboxylic acids is 2. The highest BCUT2D eigenvalue weighted by atomic mass is 16.5. The summed E-state index contributed by atoms with van der Waals surface area (Å²) >= 11 is 0. The summed E-state index contributed by atoms with van der Waals surface area (Å²) in [4.78, 5) is 23.1. The van der Waals surface area contributed by atoms with E-state index in [9.17, 15) is 9.59 Å². The molecule has 1 N–H and O–H groups in total. The zero-order valence-electron chi connectivity index (χ0n) is 8.52. The summed E-state index contributed by atoms with van der Waals surface area (Å²) in [5.41, 5.74) is 0.459. The number of ketones is 1. The molecule has 0 aliphatic carbocycles. The quantitative estimate of drug-likeness (QED) is 0.682. The molecule has 5 heteroatoms. The van der Waals surface area contributed by atoms with Crippen molar-refractivity contribution in [2.45, 2.75) is 12.1 Å². The van der Waals surface area contributed by atoms with E-state index < -0.39 is 12.1 Å². The Morgan fingerprint density at radius 2 is 2.19 bits per heavy atom. The van der Waals surface area contributed by atoms with Gasteiger partial charge >= 0.3 is 0 Å². The van der Waals surface area contributed by atoms with E-state index in [4.69, 9.17) is 9.47 Å². The van der Waals surface area contributed by atoms with Gasteiger partial charge in [-0.2, -0.15) is 0 Å². The number of ether oxygens (including phenoxy) is 2. The van der Waals surface area contributed by atoms with Crippen molar-refractivity contribution in [3.63, 3.8) is 0 Å². The molecule has 82 valence electrons. The van der Waals surface area contributed by atoms with Gasteiger partial charge in [0.05, 0.1) is 12.7 Å². The Labute approximate surface area is 91.3 Å². The summed E-state index contributed by atoms with van der Waals surface area (Å²) in [6.45, 7) is 0. The van der Waals surface area contributed by atoms with Gasteiger partial charge in [-0.1, -0.05) is 0 Å². The van der Waals surface area contributed by atoms with Crippen molar-refractivity contribution in [2.75, 3.05) is 7.11 Å². The third-order valence-corrected chi connectivity index (χ3v) is 2.85. The first-order chi connectivity index (χ1) is 7.70. The van der Waals surface area contributed by atoms with E-state index in [2.05, 4.69) is 5.32 Å². The zero-order chi connectivity index (χ0) is 11.3. The molecule has 1 amide bonds. The number of hydrogen-bond acceptors (Lipinski definition) is 4. The van der Waals surface area contributed by atoms with Crippen LogP contribution in [-0.2, 0) is 4.79 Å². The average Bonchev–Trinajstić information content (AvgIpc) is 2.31. The Balaban J connectivity index is 2.05. The van der Waals surface area contributed by atoms with Gasteiger partial charge in [0.2, 0.25) is 6.10 Å². The van der Waals surface area contributed by atoms with E-state index in [0.29, 0.717) is 17.1 Å². The van der Waals surface area contributed by atoms with Gasteiger partial charge in [0.1, 0.15) is 17.5 Å². The zero-order valence-corrected chi connectivity index (χ0v) is 8.52. The fraction of sp³-hybridized carbons (Fsp3) is 0.273. The fourth-order valence-corrected chi connectivity index (χ4v) is 1.93. The number of methoxy groups -OCH3 is 1. The first-order valence-corrected chi connectivity index (χ1v) is 4.90. The summed E-state index contributed by atoms with van der Waals surface area (Å²) in [5.74, 6) is 0.686. The molecule has 3 rings (SSSR count). The van der Waals surface area contributed by atoms with Crippen molar-refractivity contribution in [3.05, 3.63) is 23.8 Å². The van der Waals surface area contributed by atoms with Crippen LogP contribution >= 0.6 is 0 Å². The van der Waals surface area contributed by atoms with Crippen LogP contribution in [0, 0.1) is 0 Å². The number of benzene rings is 1. The minimum atomic E-state index is -0.659. The molecule has 0 spiro atoms. The third kappa shape index (κ3) is 1.05. The Morgan fingerprint density at radius 1 is 1.38 bits per heavy atom. The number of carbonyl (C=O) groups is 2. The predicted octanol–water partition coefficient (Wildman–Crippen LogP) is 0.137. The second kappa shape index (κ2) is 2.98. The molecule has 1 saturated heterocycles. The minimum absolute atomic E-state index is 0.121. The molecule has 0 unspecified atom stereocenters. The van der Waals surface area contributed by atoms with E-state index >= 15 is 0 Å². The number of amides is 1. The molecule has 0 radical (unpaired) electrons. The van der Waals surface area contributed by atoms with Crippen LogP contribution in [0.4, 0.5) is 0 Å². The van der Waals surface area contributed by atoms with E-state index in [1.165, 1.54) is 7.11 Å². The fourth-order valence-electron chi connectivity index (χ4n) is 1.93. The Morgan fingerprint density at radius 3 is 2.88 bits per heavy atom. The molecule has 2 aliphatic rings. The molecule has 1 aromatic rings. The standard InChI is InChI=1S/C11H9NO4/c1-15-5-2-3-7-6(4-5)9(13)8-10(16-7)11(14)12-8/h2-4,8,10H,1H3,(H,12,14)/t8-,10+/m1/s1. The number of β-lactam (4-membered cyclic amide) rings is 1. The second-order valence-corrected chi connectivity index (χ2v) is 3.75. The van der Waals surface area contributed by atoms with Crippen LogP contribution in [0.3, 0.4) is 0 Å². The molecule has 1 aromatic carbocycles. The molecular formula is C11H9NO4. The Bertz CT molecular complexity index is 497. The van der Waals surface area contributed by atoms with Crippen molar-refractivity contribution in [2.24, 2.45) is 0 Å². The van der Waals surface area contributed by atoms with Gasteiger partial charge in [0, 0.05) is 0 Å². The molecule has 0 aromatic heterocycles. The van der Waals surface area contributed by atoms with Crippen LogP contribution in [0.1, 0.15) is 10.4 Å². The Hall–Kier alpha value is -2.04. The van der Waals surface area contributed by atoms with Crippen molar-refractivity contribution >= 4 is 11.7 Å².